The summed E-state index contributed by atoms with van der Waals surface area (Å²) in [6.45, 7) is 2.13. The monoisotopic (exact) mass is 298 g/mol. The molecule has 0 saturated heterocycles. The molecule has 4 heteroatoms. The first-order valence-corrected chi connectivity index (χ1v) is 7.28. The smallest absolute Gasteiger partial charge is 0.168 e. The van der Waals surface area contributed by atoms with Gasteiger partial charge >= 0.3 is 0 Å². The zero-order chi connectivity index (χ0) is 14.8. The van der Waals surface area contributed by atoms with E-state index in [9.17, 15) is 4.79 Å². The lowest BCUT2D eigenvalue weighted by Gasteiger charge is -2.01. The lowest BCUT2D eigenvalue weighted by molar-refractivity contribution is 0.111. The molecule has 0 bridgehead atoms. The number of aldehydes is 1. The molecule has 0 amide bonds. The number of fused-ring (bicyclic) bond motifs is 1. The summed E-state index contributed by atoms with van der Waals surface area (Å²) in [7, 11) is 0. The van der Waals surface area contributed by atoms with Crippen molar-refractivity contribution in [1.82, 2.24) is 9.38 Å². The van der Waals surface area contributed by atoms with E-state index in [4.69, 9.17) is 11.6 Å². The highest BCUT2D eigenvalue weighted by molar-refractivity contribution is 6.30. The molecule has 0 spiro atoms. The Morgan fingerprint density at radius 2 is 1.90 bits per heavy atom. The van der Waals surface area contributed by atoms with Crippen molar-refractivity contribution in [2.24, 2.45) is 0 Å². The zero-order valence-electron chi connectivity index (χ0n) is 11.7. The van der Waals surface area contributed by atoms with Crippen molar-refractivity contribution >= 4 is 23.5 Å². The molecule has 0 saturated carbocycles. The number of aromatic nitrogens is 2. The third-order valence-corrected chi connectivity index (χ3v) is 3.85. The number of benzene rings is 1. The largest absolute Gasteiger partial charge is 0.297 e. The maximum atomic E-state index is 11.4. The van der Waals surface area contributed by atoms with Crippen LogP contribution in [0.3, 0.4) is 0 Å². The topological polar surface area (TPSA) is 34.4 Å². The molecule has 0 unspecified atom stereocenters. The molecule has 3 aromatic rings. The van der Waals surface area contributed by atoms with Gasteiger partial charge in [0.15, 0.2) is 6.29 Å². The predicted octanol–water partition coefficient (Wildman–Crippen LogP) is 3.95. The summed E-state index contributed by atoms with van der Waals surface area (Å²) >= 11 is 5.98. The summed E-state index contributed by atoms with van der Waals surface area (Å²) < 4.78 is 1.77. The van der Waals surface area contributed by atoms with E-state index in [1.165, 1.54) is 5.56 Å². The number of carbonyl (C=O) groups excluding carboxylic acids is 1. The van der Waals surface area contributed by atoms with Gasteiger partial charge in [0.2, 0.25) is 0 Å². The lowest BCUT2D eigenvalue weighted by atomic mass is 10.1. The molecule has 3 rings (SSSR count). The Kier molecular flexibility index (Phi) is 3.76. The minimum absolute atomic E-state index is 0.584. The van der Waals surface area contributed by atoms with Crippen LogP contribution < -0.4 is 0 Å². The normalized spacial score (nSPS) is 11.0. The molecule has 1 aromatic carbocycles. The second kappa shape index (κ2) is 5.70. The standard InChI is InChI=1S/C17H15ClN2O/c1-2-12-3-5-13(6-4-12)9-15-16(11-21)20-8-7-14(18)10-17(20)19-15/h3-8,10-11H,2,9H2,1H3. The van der Waals surface area contributed by atoms with Gasteiger partial charge in [-0.1, -0.05) is 42.8 Å². The molecule has 2 heterocycles. The number of hydrogen-bond acceptors (Lipinski definition) is 2. The van der Waals surface area contributed by atoms with E-state index in [1.807, 2.05) is 0 Å². The maximum Gasteiger partial charge on any atom is 0.168 e. The summed E-state index contributed by atoms with van der Waals surface area (Å²) in [4.78, 5) is 15.9. The number of aryl methyl sites for hydroxylation is 1. The molecule has 21 heavy (non-hydrogen) atoms. The Morgan fingerprint density at radius 3 is 2.57 bits per heavy atom. The van der Waals surface area contributed by atoms with Gasteiger partial charge in [0.25, 0.3) is 0 Å². The van der Waals surface area contributed by atoms with Crippen LogP contribution in [0.15, 0.2) is 42.6 Å². The van der Waals surface area contributed by atoms with Crippen LogP contribution in [0, 0.1) is 0 Å². The molecule has 0 aliphatic carbocycles. The fourth-order valence-corrected chi connectivity index (χ4v) is 2.58. The van der Waals surface area contributed by atoms with E-state index in [-0.39, 0.29) is 0 Å². The molecule has 0 fully saturated rings. The summed E-state index contributed by atoms with van der Waals surface area (Å²) in [6, 6.07) is 11.9. The van der Waals surface area contributed by atoms with Crippen molar-refractivity contribution in [3.05, 3.63) is 70.1 Å². The first kappa shape index (κ1) is 13.8. The van der Waals surface area contributed by atoms with Crippen molar-refractivity contribution in [1.29, 1.82) is 0 Å². The first-order chi connectivity index (χ1) is 10.2. The van der Waals surface area contributed by atoms with Gasteiger partial charge in [-0.2, -0.15) is 0 Å². The molecule has 0 aliphatic rings. The van der Waals surface area contributed by atoms with Crippen LogP contribution in [-0.4, -0.2) is 15.7 Å². The van der Waals surface area contributed by atoms with Crippen molar-refractivity contribution in [3.63, 3.8) is 0 Å². The van der Waals surface area contributed by atoms with Crippen molar-refractivity contribution in [3.8, 4) is 0 Å². The number of carbonyl (C=O) groups is 1. The van der Waals surface area contributed by atoms with Gasteiger partial charge in [0.05, 0.1) is 5.69 Å². The van der Waals surface area contributed by atoms with Crippen molar-refractivity contribution in [2.45, 2.75) is 19.8 Å². The second-order valence-corrected chi connectivity index (χ2v) is 5.42. The number of pyridine rings is 1. The van der Waals surface area contributed by atoms with Crippen LogP contribution in [0.4, 0.5) is 0 Å². The first-order valence-electron chi connectivity index (χ1n) is 6.90. The average molecular weight is 299 g/mol. The Hall–Kier alpha value is -2.13. The van der Waals surface area contributed by atoms with E-state index in [0.717, 1.165) is 24.0 Å². The number of imidazole rings is 1. The van der Waals surface area contributed by atoms with Gasteiger partial charge in [0, 0.05) is 23.7 Å². The van der Waals surface area contributed by atoms with E-state index in [2.05, 4.69) is 36.2 Å². The van der Waals surface area contributed by atoms with Crippen molar-refractivity contribution in [2.75, 3.05) is 0 Å². The number of halogens is 1. The summed E-state index contributed by atoms with van der Waals surface area (Å²) in [6.07, 6.45) is 4.28. The molecule has 2 aromatic heterocycles. The van der Waals surface area contributed by atoms with Crippen LogP contribution in [-0.2, 0) is 12.8 Å². The molecule has 0 atom stereocenters. The highest BCUT2D eigenvalue weighted by atomic mass is 35.5. The molecule has 0 aliphatic heterocycles. The third kappa shape index (κ3) is 2.69. The Balaban J connectivity index is 2.00. The Bertz CT molecular complexity index is 790. The van der Waals surface area contributed by atoms with Gasteiger partial charge in [0.1, 0.15) is 11.3 Å². The van der Waals surface area contributed by atoms with Gasteiger partial charge in [-0.25, -0.2) is 4.98 Å². The molecular formula is C17H15ClN2O. The van der Waals surface area contributed by atoms with E-state index < -0.39 is 0 Å². The second-order valence-electron chi connectivity index (χ2n) is 4.98. The van der Waals surface area contributed by atoms with E-state index in [1.54, 1.807) is 22.7 Å². The third-order valence-electron chi connectivity index (χ3n) is 3.62. The number of rotatable bonds is 4. The molecule has 0 N–H and O–H groups in total. The van der Waals surface area contributed by atoms with Gasteiger partial charge < -0.3 is 0 Å². The SMILES string of the molecule is CCc1ccc(Cc2nc3cc(Cl)ccn3c2C=O)cc1. The Labute approximate surface area is 128 Å². The summed E-state index contributed by atoms with van der Waals surface area (Å²) in [5, 5.41) is 0.615. The van der Waals surface area contributed by atoms with Crippen molar-refractivity contribution < 1.29 is 4.79 Å². The quantitative estimate of drug-likeness (QED) is 0.683. The zero-order valence-corrected chi connectivity index (χ0v) is 12.5. The lowest BCUT2D eigenvalue weighted by Crippen LogP contribution is -1.96. The van der Waals surface area contributed by atoms with E-state index in [0.29, 0.717) is 22.8 Å². The van der Waals surface area contributed by atoms with Gasteiger partial charge in [-0.05, 0) is 23.6 Å². The van der Waals surface area contributed by atoms with Gasteiger partial charge in [-0.15, -0.1) is 0 Å². The van der Waals surface area contributed by atoms with E-state index >= 15 is 0 Å². The Morgan fingerprint density at radius 1 is 1.19 bits per heavy atom. The molecular weight excluding hydrogens is 284 g/mol. The van der Waals surface area contributed by atoms with Crippen LogP contribution in [0.1, 0.15) is 34.2 Å². The number of hydrogen-bond donors (Lipinski definition) is 0. The minimum atomic E-state index is 0.584. The van der Waals surface area contributed by atoms with Crippen LogP contribution in [0.2, 0.25) is 5.02 Å². The highest BCUT2D eigenvalue weighted by Gasteiger charge is 2.12. The predicted molar refractivity (Wildman–Crippen MR) is 84.2 cm³/mol. The molecule has 3 nitrogen and oxygen atoms in total. The molecule has 0 radical (unpaired) electrons. The summed E-state index contributed by atoms with van der Waals surface area (Å²) in [5.74, 6) is 0. The maximum absolute atomic E-state index is 11.4. The van der Waals surface area contributed by atoms with Gasteiger partial charge in [-0.3, -0.25) is 9.20 Å². The van der Waals surface area contributed by atoms with Crippen LogP contribution in [0.25, 0.3) is 5.65 Å². The van der Waals surface area contributed by atoms with Crippen LogP contribution in [0.5, 0.6) is 0 Å². The number of nitrogens with zero attached hydrogens (tertiary/aromatic N) is 2. The average Bonchev–Trinajstić information content (AvgIpc) is 2.84. The minimum Gasteiger partial charge on any atom is -0.297 e. The van der Waals surface area contributed by atoms with Crippen LogP contribution >= 0.6 is 11.6 Å². The fourth-order valence-electron chi connectivity index (χ4n) is 2.43. The fraction of sp³-hybridized carbons (Fsp3) is 0.176. The summed E-state index contributed by atoms with van der Waals surface area (Å²) in [5.41, 5.74) is 4.50. The highest BCUT2D eigenvalue weighted by Crippen LogP contribution is 2.18. The molecule has 106 valence electrons.